The van der Waals surface area contributed by atoms with Crippen molar-refractivity contribution in [2.75, 3.05) is 19.6 Å². The van der Waals surface area contributed by atoms with E-state index >= 15 is 0 Å². The van der Waals surface area contributed by atoms with E-state index in [1.807, 2.05) is 12.1 Å². The van der Waals surface area contributed by atoms with Crippen LogP contribution in [-0.2, 0) is 6.54 Å². The van der Waals surface area contributed by atoms with E-state index in [0.717, 1.165) is 38.2 Å². The zero-order valence-corrected chi connectivity index (χ0v) is 10.7. The van der Waals surface area contributed by atoms with Crippen molar-refractivity contribution >= 4 is 5.97 Å². The van der Waals surface area contributed by atoms with Crippen LogP contribution in [0.5, 0.6) is 0 Å². The summed E-state index contributed by atoms with van der Waals surface area (Å²) in [5.74, 6) is -0.840. The number of carboxylic acids is 1. The molecular formula is C14H20N2O2. The van der Waals surface area contributed by atoms with Gasteiger partial charge in [-0.2, -0.15) is 0 Å². The smallest absolute Gasteiger partial charge is 0.336 e. The molecular weight excluding hydrogens is 228 g/mol. The van der Waals surface area contributed by atoms with Crippen molar-refractivity contribution in [1.29, 1.82) is 0 Å². The van der Waals surface area contributed by atoms with Crippen LogP contribution in [0.25, 0.3) is 0 Å². The molecule has 0 spiro atoms. The highest BCUT2D eigenvalue weighted by Crippen LogP contribution is 2.13. The second kappa shape index (κ2) is 5.98. The summed E-state index contributed by atoms with van der Waals surface area (Å²) in [5, 5.41) is 12.6. The zero-order valence-electron chi connectivity index (χ0n) is 10.7. The molecule has 0 radical (unpaired) electrons. The Balaban J connectivity index is 2.07. The molecule has 1 aromatic carbocycles. The van der Waals surface area contributed by atoms with E-state index < -0.39 is 5.97 Å². The fraction of sp³-hybridized carbons (Fsp3) is 0.500. The minimum Gasteiger partial charge on any atom is -0.478 e. The molecule has 0 bridgehead atoms. The molecule has 2 rings (SSSR count). The molecule has 0 unspecified atom stereocenters. The quantitative estimate of drug-likeness (QED) is 0.849. The van der Waals surface area contributed by atoms with Crippen LogP contribution in [0.4, 0.5) is 0 Å². The summed E-state index contributed by atoms with van der Waals surface area (Å²) in [7, 11) is 0. The Hall–Kier alpha value is -1.39. The molecule has 1 heterocycles. The molecule has 2 N–H and O–H groups in total. The standard InChI is InChI=1S/C14H20N2O2/c1-2-12-10-16(8-7-15-12)9-11-5-3-4-6-13(11)14(17)18/h3-6,12,15H,2,7-10H2,1H3,(H,17,18)/t12-/m1/s1. The molecule has 0 aliphatic carbocycles. The molecule has 0 amide bonds. The van der Waals surface area contributed by atoms with Crippen molar-refractivity contribution in [2.45, 2.75) is 25.9 Å². The predicted octanol–water partition coefficient (Wildman–Crippen LogP) is 1.57. The van der Waals surface area contributed by atoms with Gasteiger partial charge >= 0.3 is 5.97 Å². The van der Waals surface area contributed by atoms with Crippen LogP contribution in [0.1, 0.15) is 29.3 Å². The maximum Gasteiger partial charge on any atom is 0.336 e. The average Bonchev–Trinajstić information content (AvgIpc) is 2.39. The number of aromatic carboxylic acids is 1. The number of hydrogen-bond acceptors (Lipinski definition) is 3. The maximum atomic E-state index is 11.2. The summed E-state index contributed by atoms with van der Waals surface area (Å²) < 4.78 is 0. The Kier molecular flexibility index (Phi) is 4.33. The normalized spacial score (nSPS) is 20.8. The number of benzene rings is 1. The molecule has 98 valence electrons. The average molecular weight is 248 g/mol. The van der Waals surface area contributed by atoms with Gasteiger partial charge in [0.05, 0.1) is 5.56 Å². The van der Waals surface area contributed by atoms with Crippen molar-refractivity contribution in [3.8, 4) is 0 Å². The van der Waals surface area contributed by atoms with Crippen LogP contribution < -0.4 is 5.32 Å². The van der Waals surface area contributed by atoms with E-state index in [1.165, 1.54) is 0 Å². The number of carbonyl (C=O) groups is 1. The second-order valence-corrected chi connectivity index (χ2v) is 4.76. The third-order valence-corrected chi connectivity index (χ3v) is 3.47. The van der Waals surface area contributed by atoms with Crippen molar-refractivity contribution in [3.63, 3.8) is 0 Å². The highest BCUT2D eigenvalue weighted by molar-refractivity contribution is 5.89. The first kappa shape index (κ1) is 13.1. The summed E-state index contributed by atoms with van der Waals surface area (Å²) in [4.78, 5) is 13.5. The molecule has 1 saturated heterocycles. The van der Waals surface area contributed by atoms with Crippen LogP contribution >= 0.6 is 0 Å². The molecule has 1 aliphatic rings. The van der Waals surface area contributed by atoms with Crippen LogP contribution in [-0.4, -0.2) is 41.7 Å². The fourth-order valence-electron chi connectivity index (χ4n) is 2.42. The summed E-state index contributed by atoms with van der Waals surface area (Å²) in [6, 6.07) is 7.79. The lowest BCUT2D eigenvalue weighted by Gasteiger charge is -2.33. The van der Waals surface area contributed by atoms with Gasteiger partial charge in [0.2, 0.25) is 0 Å². The lowest BCUT2D eigenvalue weighted by Crippen LogP contribution is -2.49. The Bertz CT molecular complexity index is 420. The first-order valence-corrected chi connectivity index (χ1v) is 6.47. The molecule has 1 aliphatic heterocycles. The maximum absolute atomic E-state index is 11.2. The number of nitrogens with one attached hydrogen (secondary N) is 1. The van der Waals surface area contributed by atoms with E-state index in [4.69, 9.17) is 5.11 Å². The second-order valence-electron chi connectivity index (χ2n) is 4.76. The molecule has 1 atom stereocenters. The molecule has 1 aromatic rings. The SMILES string of the molecule is CC[C@@H]1CN(Cc2ccccc2C(=O)O)CCN1. The lowest BCUT2D eigenvalue weighted by molar-refractivity contribution is 0.0694. The fourth-order valence-corrected chi connectivity index (χ4v) is 2.42. The van der Waals surface area contributed by atoms with Gasteiger partial charge < -0.3 is 10.4 Å². The number of nitrogens with zero attached hydrogens (tertiary/aromatic N) is 1. The predicted molar refractivity (Wildman–Crippen MR) is 70.8 cm³/mol. The van der Waals surface area contributed by atoms with Crippen molar-refractivity contribution in [2.24, 2.45) is 0 Å². The third-order valence-electron chi connectivity index (χ3n) is 3.47. The highest BCUT2D eigenvalue weighted by atomic mass is 16.4. The van der Waals surface area contributed by atoms with E-state index in [-0.39, 0.29) is 0 Å². The van der Waals surface area contributed by atoms with E-state index in [1.54, 1.807) is 12.1 Å². The van der Waals surface area contributed by atoms with Gasteiger partial charge in [0, 0.05) is 32.2 Å². The Morgan fingerprint density at radius 2 is 2.28 bits per heavy atom. The monoisotopic (exact) mass is 248 g/mol. The van der Waals surface area contributed by atoms with Crippen molar-refractivity contribution in [3.05, 3.63) is 35.4 Å². The molecule has 1 fully saturated rings. The van der Waals surface area contributed by atoms with Gasteiger partial charge in [-0.15, -0.1) is 0 Å². The van der Waals surface area contributed by atoms with E-state index in [0.29, 0.717) is 11.6 Å². The van der Waals surface area contributed by atoms with Crippen molar-refractivity contribution < 1.29 is 9.90 Å². The minimum atomic E-state index is -0.840. The first-order chi connectivity index (χ1) is 8.70. The number of piperazine rings is 1. The number of rotatable bonds is 4. The summed E-state index contributed by atoms with van der Waals surface area (Å²) in [6.45, 7) is 5.84. The van der Waals surface area contributed by atoms with Gasteiger partial charge in [-0.05, 0) is 18.1 Å². The van der Waals surface area contributed by atoms with Gasteiger partial charge in [-0.1, -0.05) is 25.1 Å². The largest absolute Gasteiger partial charge is 0.478 e. The first-order valence-electron chi connectivity index (χ1n) is 6.47. The van der Waals surface area contributed by atoms with E-state index in [2.05, 4.69) is 17.1 Å². The topological polar surface area (TPSA) is 52.6 Å². The summed E-state index contributed by atoms with van der Waals surface area (Å²) in [5.41, 5.74) is 1.32. The van der Waals surface area contributed by atoms with Crippen LogP contribution in [0.3, 0.4) is 0 Å². The Morgan fingerprint density at radius 1 is 1.50 bits per heavy atom. The summed E-state index contributed by atoms with van der Waals surface area (Å²) in [6.07, 6.45) is 1.11. The Morgan fingerprint density at radius 3 is 3.00 bits per heavy atom. The number of carboxylic acid groups (broad SMARTS) is 1. The van der Waals surface area contributed by atoms with Crippen LogP contribution in [0.15, 0.2) is 24.3 Å². The summed E-state index contributed by atoms with van der Waals surface area (Å²) >= 11 is 0. The third kappa shape index (κ3) is 3.09. The molecule has 0 saturated carbocycles. The van der Waals surface area contributed by atoms with Gasteiger partial charge in [-0.3, -0.25) is 4.90 Å². The lowest BCUT2D eigenvalue weighted by atomic mass is 10.1. The van der Waals surface area contributed by atoms with Crippen molar-refractivity contribution in [1.82, 2.24) is 10.2 Å². The van der Waals surface area contributed by atoms with Crippen LogP contribution in [0.2, 0.25) is 0 Å². The Labute approximate surface area is 108 Å². The minimum absolute atomic E-state index is 0.420. The van der Waals surface area contributed by atoms with Gasteiger partial charge in [0.15, 0.2) is 0 Å². The van der Waals surface area contributed by atoms with E-state index in [9.17, 15) is 4.79 Å². The molecule has 4 nitrogen and oxygen atoms in total. The number of hydrogen-bond donors (Lipinski definition) is 2. The molecule has 0 aromatic heterocycles. The highest BCUT2D eigenvalue weighted by Gasteiger charge is 2.19. The van der Waals surface area contributed by atoms with Gasteiger partial charge in [-0.25, -0.2) is 4.79 Å². The zero-order chi connectivity index (χ0) is 13.0. The van der Waals surface area contributed by atoms with Gasteiger partial charge in [0.25, 0.3) is 0 Å². The molecule has 18 heavy (non-hydrogen) atoms. The molecule has 4 heteroatoms. The van der Waals surface area contributed by atoms with Gasteiger partial charge in [0.1, 0.15) is 0 Å². The van der Waals surface area contributed by atoms with Crippen LogP contribution in [0, 0.1) is 0 Å².